The van der Waals surface area contributed by atoms with Crippen LogP contribution in [0.3, 0.4) is 0 Å². The zero-order valence-corrected chi connectivity index (χ0v) is 23.1. The third-order valence-electron chi connectivity index (χ3n) is 6.77. The van der Waals surface area contributed by atoms with Crippen LogP contribution in [0.5, 0.6) is 0 Å². The van der Waals surface area contributed by atoms with E-state index in [1.807, 2.05) is 19.1 Å². The van der Waals surface area contributed by atoms with E-state index >= 15 is 0 Å². The maximum absolute atomic E-state index is 13.1. The summed E-state index contributed by atoms with van der Waals surface area (Å²) >= 11 is 0. The first kappa shape index (κ1) is 29.9. The number of rotatable bonds is 10. The lowest BCUT2D eigenvalue weighted by Gasteiger charge is -2.16. The number of halogens is 3. The van der Waals surface area contributed by atoms with Gasteiger partial charge in [-0.3, -0.25) is 19.9 Å². The van der Waals surface area contributed by atoms with E-state index in [2.05, 4.69) is 15.3 Å². The lowest BCUT2D eigenvalue weighted by Crippen LogP contribution is -2.16. The highest BCUT2D eigenvalue weighted by Gasteiger charge is 2.31. The SMILES string of the molecule is Cc1ccc(-c2c(C(N)=O)cc3cc(Cn4cc(C(CCC(F)(F)F)OC(=O)c5ccc([N+](=O)[O-])cc5)nn4)ccn23)cn1. The van der Waals surface area contributed by atoms with Gasteiger partial charge in [0.05, 0.1) is 34.5 Å². The molecule has 0 aliphatic heterocycles. The van der Waals surface area contributed by atoms with Crippen molar-refractivity contribution in [1.82, 2.24) is 24.4 Å². The largest absolute Gasteiger partial charge is 0.452 e. The normalized spacial score (nSPS) is 12.3. The number of nitrogens with two attached hydrogens (primary N) is 1. The molecule has 15 heteroatoms. The summed E-state index contributed by atoms with van der Waals surface area (Å²) in [6.07, 6.45) is -2.97. The fraction of sp³-hybridized carbons (Fsp3) is 0.207. The molecule has 1 unspecified atom stereocenters. The van der Waals surface area contributed by atoms with Crippen molar-refractivity contribution in [2.45, 2.75) is 38.6 Å². The number of carbonyl (C=O) groups is 2. The van der Waals surface area contributed by atoms with Crippen molar-refractivity contribution in [3.05, 3.63) is 111 Å². The summed E-state index contributed by atoms with van der Waals surface area (Å²) in [6.45, 7) is 2.00. The Kier molecular flexibility index (Phi) is 8.11. The number of hydrogen-bond donors (Lipinski definition) is 1. The molecule has 4 heterocycles. The number of non-ortho nitro benzene ring substituents is 1. The van der Waals surface area contributed by atoms with E-state index in [1.54, 1.807) is 35.0 Å². The van der Waals surface area contributed by atoms with E-state index in [1.165, 1.54) is 10.9 Å². The minimum Gasteiger partial charge on any atom is -0.452 e. The van der Waals surface area contributed by atoms with Gasteiger partial charge in [-0.2, -0.15) is 13.2 Å². The second-order valence-corrected chi connectivity index (χ2v) is 9.98. The molecule has 5 aromatic rings. The fourth-order valence-electron chi connectivity index (χ4n) is 4.62. The van der Waals surface area contributed by atoms with Crippen LogP contribution in [0.15, 0.2) is 73.2 Å². The molecule has 0 fully saturated rings. The number of aryl methyl sites for hydroxylation is 1. The Bertz CT molecular complexity index is 1850. The Morgan fingerprint density at radius 1 is 1.11 bits per heavy atom. The highest BCUT2D eigenvalue weighted by molar-refractivity contribution is 6.01. The Balaban J connectivity index is 1.38. The van der Waals surface area contributed by atoms with Gasteiger partial charge in [-0.1, -0.05) is 5.21 Å². The van der Waals surface area contributed by atoms with Gasteiger partial charge < -0.3 is 14.9 Å². The molecule has 0 aliphatic carbocycles. The highest BCUT2D eigenvalue weighted by atomic mass is 19.4. The first-order valence-electron chi connectivity index (χ1n) is 13.2. The number of benzene rings is 1. The number of fused-ring (bicyclic) bond motifs is 1. The number of carbonyl (C=O) groups excluding carboxylic acids is 2. The van der Waals surface area contributed by atoms with E-state index in [0.717, 1.165) is 35.5 Å². The molecule has 0 aliphatic rings. The predicted octanol–water partition coefficient (Wildman–Crippen LogP) is 5.20. The van der Waals surface area contributed by atoms with E-state index in [0.29, 0.717) is 22.3 Å². The lowest BCUT2D eigenvalue weighted by atomic mass is 10.1. The molecule has 0 radical (unpaired) electrons. The van der Waals surface area contributed by atoms with Crippen molar-refractivity contribution in [2.24, 2.45) is 5.73 Å². The summed E-state index contributed by atoms with van der Waals surface area (Å²) in [5.41, 5.74) is 9.10. The second kappa shape index (κ2) is 11.9. The number of alkyl halides is 3. The number of hydrogen-bond acceptors (Lipinski definition) is 8. The van der Waals surface area contributed by atoms with Gasteiger partial charge in [-0.15, -0.1) is 5.10 Å². The van der Waals surface area contributed by atoms with E-state index in [-0.39, 0.29) is 23.5 Å². The molecule has 5 rings (SSSR count). The standard InChI is InChI=1S/C29H24F3N7O5/c1-17-2-3-20(14-34-17)26-23(27(33)40)13-22-12-18(9-11-38(22)26)15-37-16-24(35-36-37)25(8-10-29(30,31)32)44-28(41)19-4-6-21(7-5-19)39(42)43/h2-7,9,11-14,16,25H,8,10,15H2,1H3,(H2,33,40). The Morgan fingerprint density at radius 2 is 1.86 bits per heavy atom. The van der Waals surface area contributed by atoms with Crippen LogP contribution >= 0.6 is 0 Å². The fourth-order valence-corrected chi connectivity index (χ4v) is 4.62. The topological polar surface area (TPSA) is 161 Å². The number of pyridine rings is 2. The molecule has 0 saturated heterocycles. The number of nitro groups is 1. The smallest absolute Gasteiger partial charge is 0.389 e. The van der Waals surface area contributed by atoms with Crippen LogP contribution in [0, 0.1) is 17.0 Å². The van der Waals surface area contributed by atoms with Crippen LogP contribution in [0.1, 0.15) is 56.6 Å². The van der Waals surface area contributed by atoms with Crippen LogP contribution in [0.4, 0.5) is 18.9 Å². The molecule has 1 amide bonds. The average molecular weight is 608 g/mol. The number of nitro benzene ring substituents is 1. The highest BCUT2D eigenvalue weighted by Crippen LogP contribution is 2.31. The summed E-state index contributed by atoms with van der Waals surface area (Å²) < 4.78 is 47.7. The summed E-state index contributed by atoms with van der Waals surface area (Å²) in [5, 5.41) is 18.8. The number of ether oxygens (including phenoxy) is 1. The van der Waals surface area contributed by atoms with Gasteiger partial charge in [0.15, 0.2) is 0 Å². The van der Waals surface area contributed by atoms with E-state index in [9.17, 15) is 32.9 Å². The maximum Gasteiger partial charge on any atom is 0.389 e. The number of esters is 1. The molecule has 2 N–H and O–H groups in total. The van der Waals surface area contributed by atoms with Crippen molar-refractivity contribution < 1.29 is 32.4 Å². The summed E-state index contributed by atoms with van der Waals surface area (Å²) in [7, 11) is 0. The van der Waals surface area contributed by atoms with Gasteiger partial charge in [0.1, 0.15) is 11.8 Å². The van der Waals surface area contributed by atoms with Crippen molar-refractivity contribution in [1.29, 1.82) is 0 Å². The molecule has 4 aromatic heterocycles. The Morgan fingerprint density at radius 3 is 2.50 bits per heavy atom. The second-order valence-electron chi connectivity index (χ2n) is 9.98. The number of nitrogens with zero attached hydrogens (tertiary/aromatic N) is 6. The number of primary amides is 1. The summed E-state index contributed by atoms with van der Waals surface area (Å²) in [4.78, 5) is 39.4. The molecule has 0 saturated carbocycles. The van der Waals surface area contributed by atoms with Crippen LogP contribution < -0.4 is 5.73 Å². The first-order chi connectivity index (χ1) is 20.9. The quantitative estimate of drug-likeness (QED) is 0.129. The van der Waals surface area contributed by atoms with E-state index < -0.39 is 41.9 Å². The van der Waals surface area contributed by atoms with Crippen LogP contribution in [-0.4, -0.2) is 47.4 Å². The van der Waals surface area contributed by atoms with Crippen LogP contribution in [0.2, 0.25) is 0 Å². The third-order valence-corrected chi connectivity index (χ3v) is 6.77. The molecule has 226 valence electrons. The average Bonchev–Trinajstić information content (AvgIpc) is 3.60. The lowest BCUT2D eigenvalue weighted by molar-refractivity contribution is -0.384. The van der Waals surface area contributed by atoms with Crippen molar-refractivity contribution >= 4 is 23.1 Å². The van der Waals surface area contributed by atoms with Crippen molar-refractivity contribution in [3.8, 4) is 11.3 Å². The zero-order chi connectivity index (χ0) is 31.6. The maximum atomic E-state index is 13.1. The molecule has 1 atom stereocenters. The molecule has 0 spiro atoms. The minimum atomic E-state index is -4.52. The zero-order valence-electron chi connectivity index (χ0n) is 23.1. The number of amides is 1. The monoisotopic (exact) mass is 607 g/mol. The third kappa shape index (κ3) is 6.72. The van der Waals surface area contributed by atoms with Crippen LogP contribution in [-0.2, 0) is 11.3 Å². The van der Waals surface area contributed by atoms with Crippen molar-refractivity contribution in [2.75, 3.05) is 0 Å². The summed E-state index contributed by atoms with van der Waals surface area (Å²) in [6, 6.07) is 13.4. The van der Waals surface area contributed by atoms with Gasteiger partial charge in [-0.25, -0.2) is 9.48 Å². The van der Waals surface area contributed by atoms with Gasteiger partial charge in [-0.05, 0) is 61.4 Å². The van der Waals surface area contributed by atoms with Crippen LogP contribution in [0.25, 0.3) is 16.8 Å². The molecule has 12 nitrogen and oxygen atoms in total. The molecular formula is C29H24F3N7O5. The van der Waals surface area contributed by atoms with Gasteiger partial charge >= 0.3 is 12.1 Å². The van der Waals surface area contributed by atoms with Crippen molar-refractivity contribution in [3.63, 3.8) is 0 Å². The number of aromatic nitrogens is 5. The van der Waals surface area contributed by atoms with Gasteiger partial charge in [0.2, 0.25) is 0 Å². The van der Waals surface area contributed by atoms with Gasteiger partial charge in [0, 0.05) is 47.7 Å². The minimum absolute atomic E-state index is 0.00144. The van der Waals surface area contributed by atoms with E-state index in [4.69, 9.17) is 10.5 Å². The van der Waals surface area contributed by atoms with Gasteiger partial charge in [0.25, 0.3) is 11.6 Å². The molecule has 1 aromatic carbocycles. The first-order valence-corrected chi connectivity index (χ1v) is 13.2. The predicted molar refractivity (Wildman–Crippen MR) is 150 cm³/mol. The molecular weight excluding hydrogens is 583 g/mol. The summed E-state index contributed by atoms with van der Waals surface area (Å²) in [5.74, 6) is -1.58. The Labute approximate surface area is 247 Å². The molecule has 44 heavy (non-hydrogen) atoms. The Hall–Kier alpha value is -5.60. The molecule has 0 bridgehead atoms.